The summed E-state index contributed by atoms with van der Waals surface area (Å²) in [4.78, 5) is 1.84. The molecule has 0 amide bonds. The van der Waals surface area contributed by atoms with Crippen LogP contribution in [0.15, 0.2) is 0 Å². The molecule has 0 fully saturated rings. The van der Waals surface area contributed by atoms with Crippen LogP contribution in [0.25, 0.3) is 0 Å². The van der Waals surface area contributed by atoms with Gasteiger partial charge in [0.05, 0.1) is 0 Å². The number of hydrogen-bond acceptors (Lipinski definition) is 2. The van der Waals surface area contributed by atoms with Gasteiger partial charge in [-0.2, -0.15) is 0 Å². The lowest BCUT2D eigenvalue weighted by atomic mass is 10.2. The summed E-state index contributed by atoms with van der Waals surface area (Å²) in [6.45, 7) is 6.02. The Kier molecular flexibility index (Phi) is 6.57. The van der Waals surface area contributed by atoms with E-state index < -0.39 is 0 Å². The second-order valence-electron chi connectivity index (χ2n) is 2.98. The minimum absolute atomic E-state index is 0.350. The van der Waals surface area contributed by atoms with Gasteiger partial charge in [-0.3, -0.25) is 4.90 Å². The normalized spacial score (nSPS) is 13.9. The maximum atomic E-state index is 9.07. The molecule has 1 radical (unpaired) electrons. The summed E-state index contributed by atoms with van der Waals surface area (Å²) in [7, 11) is 1.90. The standard InChI is InChI=1S/C9H20NO/c1-4-5-6-7-8-10(3)9(2)11/h8-9,11H,4-7H2,1-3H3. The summed E-state index contributed by atoms with van der Waals surface area (Å²) < 4.78 is 0. The summed E-state index contributed by atoms with van der Waals surface area (Å²) in [5.74, 6) is 0. The molecule has 0 aliphatic carbocycles. The van der Waals surface area contributed by atoms with Crippen LogP contribution in [0, 0.1) is 6.54 Å². The van der Waals surface area contributed by atoms with Crippen molar-refractivity contribution in [1.82, 2.24) is 4.90 Å². The third kappa shape index (κ3) is 6.32. The highest BCUT2D eigenvalue weighted by molar-refractivity contribution is 4.64. The zero-order valence-corrected chi connectivity index (χ0v) is 7.88. The van der Waals surface area contributed by atoms with Gasteiger partial charge in [-0.05, 0) is 20.4 Å². The molecule has 0 aromatic carbocycles. The van der Waals surface area contributed by atoms with Crippen LogP contribution in [0.5, 0.6) is 0 Å². The van der Waals surface area contributed by atoms with Crippen molar-refractivity contribution in [1.29, 1.82) is 0 Å². The summed E-state index contributed by atoms with van der Waals surface area (Å²) in [6, 6.07) is 0. The van der Waals surface area contributed by atoms with Crippen molar-refractivity contribution in [3.8, 4) is 0 Å². The average Bonchev–Trinajstić information content (AvgIpc) is 1.97. The highest BCUT2D eigenvalue weighted by Crippen LogP contribution is 2.05. The number of aliphatic hydroxyl groups is 1. The summed E-state index contributed by atoms with van der Waals surface area (Å²) >= 11 is 0. The van der Waals surface area contributed by atoms with Crippen LogP contribution in [-0.2, 0) is 0 Å². The van der Waals surface area contributed by atoms with E-state index in [-0.39, 0.29) is 6.23 Å². The Morgan fingerprint density at radius 2 is 2.09 bits per heavy atom. The number of hydrogen-bond donors (Lipinski definition) is 1. The van der Waals surface area contributed by atoms with Gasteiger partial charge in [-0.15, -0.1) is 0 Å². The molecule has 0 saturated carbocycles. The molecule has 67 valence electrons. The van der Waals surface area contributed by atoms with Crippen LogP contribution >= 0.6 is 0 Å². The van der Waals surface area contributed by atoms with E-state index in [0.717, 1.165) is 6.42 Å². The molecule has 0 saturated heterocycles. The predicted octanol–water partition coefficient (Wildman–Crippen LogP) is 2.00. The van der Waals surface area contributed by atoms with E-state index in [9.17, 15) is 0 Å². The average molecular weight is 158 g/mol. The molecule has 11 heavy (non-hydrogen) atoms. The summed E-state index contributed by atoms with van der Waals surface area (Å²) in [5, 5.41) is 9.07. The quantitative estimate of drug-likeness (QED) is 0.472. The lowest BCUT2D eigenvalue weighted by Gasteiger charge is -2.18. The molecular formula is C9H20NO. The lowest BCUT2D eigenvalue weighted by Crippen LogP contribution is -2.25. The molecule has 0 aromatic rings. The lowest BCUT2D eigenvalue weighted by molar-refractivity contribution is 0.0570. The van der Waals surface area contributed by atoms with Gasteiger partial charge in [0.1, 0.15) is 6.23 Å². The van der Waals surface area contributed by atoms with Crippen molar-refractivity contribution in [2.75, 3.05) is 7.05 Å². The van der Waals surface area contributed by atoms with Crippen LogP contribution in [0.1, 0.15) is 39.5 Å². The van der Waals surface area contributed by atoms with Gasteiger partial charge >= 0.3 is 0 Å². The van der Waals surface area contributed by atoms with E-state index in [1.165, 1.54) is 19.3 Å². The predicted molar refractivity (Wildman–Crippen MR) is 47.9 cm³/mol. The van der Waals surface area contributed by atoms with Gasteiger partial charge in [0.2, 0.25) is 0 Å². The number of rotatable bonds is 6. The van der Waals surface area contributed by atoms with Gasteiger partial charge in [-0.1, -0.05) is 26.2 Å². The zero-order valence-electron chi connectivity index (χ0n) is 7.88. The molecule has 0 aromatic heterocycles. The third-order valence-electron chi connectivity index (χ3n) is 1.81. The van der Waals surface area contributed by atoms with Gasteiger partial charge in [0.15, 0.2) is 0 Å². The number of aliphatic hydroxyl groups excluding tert-OH is 1. The molecule has 1 unspecified atom stereocenters. The Bertz CT molecular complexity index is 83.6. The second kappa shape index (κ2) is 6.62. The van der Waals surface area contributed by atoms with Gasteiger partial charge in [0.25, 0.3) is 0 Å². The Labute approximate surface area is 70.2 Å². The molecular weight excluding hydrogens is 138 g/mol. The van der Waals surface area contributed by atoms with Crippen LogP contribution in [-0.4, -0.2) is 23.3 Å². The first-order valence-corrected chi connectivity index (χ1v) is 4.41. The van der Waals surface area contributed by atoms with Crippen LogP contribution in [0.4, 0.5) is 0 Å². The van der Waals surface area contributed by atoms with E-state index in [1.54, 1.807) is 6.92 Å². The molecule has 0 spiro atoms. The molecule has 1 N–H and O–H groups in total. The largest absolute Gasteiger partial charge is 0.379 e. The minimum atomic E-state index is -0.350. The first-order valence-electron chi connectivity index (χ1n) is 4.41. The fourth-order valence-corrected chi connectivity index (χ4v) is 0.842. The first-order chi connectivity index (χ1) is 5.18. The van der Waals surface area contributed by atoms with E-state index in [4.69, 9.17) is 5.11 Å². The van der Waals surface area contributed by atoms with E-state index in [0.29, 0.717) is 0 Å². The smallest absolute Gasteiger partial charge is 0.104 e. The monoisotopic (exact) mass is 158 g/mol. The zero-order chi connectivity index (χ0) is 8.69. The molecule has 2 nitrogen and oxygen atoms in total. The van der Waals surface area contributed by atoms with Gasteiger partial charge < -0.3 is 5.11 Å². The Morgan fingerprint density at radius 3 is 2.55 bits per heavy atom. The molecule has 0 aliphatic rings. The Hall–Kier alpha value is -0.0800. The fraction of sp³-hybridized carbons (Fsp3) is 0.889. The SMILES string of the molecule is CCCCC[CH]N(C)C(C)O. The van der Waals surface area contributed by atoms with Crippen molar-refractivity contribution >= 4 is 0 Å². The van der Waals surface area contributed by atoms with Crippen molar-refractivity contribution < 1.29 is 5.11 Å². The number of nitrogens with zero attached hydrogens (tertiary/aromatic N) is 1. The highest BCUT2D eigenvalue weighted by atomic mass is 16.3. The maximum absolute atomic E-state index is 9.07. The van der Waals surface area contributed by atoms with Crippen LogP contribution < -0.4 is 0 Å². The maximum Gasteiger partial charge on any atom is 0.104 e. The van der Waals surface area contributed by atoms with Crippen molar-refractivity contribution in [3.63, 3.8) is 0 Å². The second-order valence-corrected chi connectivity index (χ2v) is 2.98. The molecule has 2 heteroatoms. The van der Waals surface area contributed by atoms with Gasteiger partial charge in [-0.25, -0.2) is 0 Å². The van der Waals surface area contributed by atoms with Crippen molar-refractivity contribution in [2.45, 2.75) is 45.8 Å². The molecule has 0 bridgehead atoms. The molecule has 0 aliphatic heterocycles. The first kappa shape index (κ1) is 10.9. The van der Waals surface area contributed by atoms with E-state index in [1.807, 2.05) is 11.9 Å². The summed E-state index contributed by atoms with van der Waals surface area (Å²) in [5.41, 5.74) is 0. The van der Waals surface area contributed by atoms with Crippen molar-refractivity contribution in [2.24, 2.45) is 0 Å². The minimum Gasteiger partial charge on any atom is -0.379 e. The number of unbranched alkanes of at least 4 members (excludes halogenated alkanes) is 3. The topological polar surface area (TPSA) is 23.5 Å². The highest BCUT2D eigenvalue weighted by Gasteiger charge is 2.02. The molecule has 0 heterocycles. The third-order valence-corrected chi connectivity index (χ3v) is 1.81. The van der Waals surface area contributed by atoms with E-state index in [2.05, 4.69) is 13.5 Å². The summed E-state index contributed by atoms with van der Waals surface area (Å²) in [6.07, 6.45) is 4.50. The fourth-order valence-electron chi connectivity index (χ4n) is 0.842. The Balaban J connectivity index is 3.10. The van der Waals surface area contributed by atoms with Crippen LogP contribution in [0.3, 0.4) is 0 Å². The van der Waals surface area contributed by atoms with Crippen molar-refractivity contribution in [3.05, 3.63) is 6.54 Å². The van der Waals surface area contributed by atoms with Gasteiger partial charge in [0, 0.05) is 6.54 Å². The molecule has 1 atom stereocenters. The Morgan fingerprint density at radius 1 is 1.45 bits per heavy atom. The van der Waals surface area contributed by atoms with E-state index >= 15 is 0 Å². The molecule has 0 rings (SSSR count). The van der Waals surface area contributed by atoms with Crippen LogP contribution in [0.2, 0.25) is 0 Å².